The summed E-state index contributed by atoms with van der Waals surface area (Å²) in [5, 5.41) is 15.1. The van der Waals surface area contributed by atoms with E-state index < -0.39 is 45.6 Å². The summed E-state index contributed by atoms with van der Waals surface area (Å²) in [6, 6.07) is 13.1. The van der Waals surface area contributed by atoms with E-state index in [0.29, 0.717) is 24.8 Å². The van der Waals surface area contributed by atoms with Gasteiger partial charge in [-0.3, -0.25) is 54.0 Å². The first kappa shape index (κ1) is 46.8. The van der Waals surface area contributed by atoms with E-state index >= 15 is 0 Å². The number of hydrogen-bond acceptors (Lipinski definition) is 14. The van der Waals surface area contributed by atoms with Crippen molar-refractivity contribution in [3.8, 4) is 0 Å². The first-order valence-electron chi connectivity index (χ1n) is 24.0. The Hall–Kier alpha value is -4.93. The van der Waals surface area contributed by atoms with Gasteiger partial charge in [-0.2, -0.15) is 0 Å². The van der Waals surface area contributed by atoms with Gasteiger partial charge >= 0.3 is 0 Å². The van der Waals surface area contributed by atoms with Crippen LogP contribution < -0.4 is 31.5 Å². The largest absolute Gasteiger partial charge is 0.369 e. The predicted molar refractivity (Wildman–Crippen MR) is 252 cm³/mol. The third kappa shape index (κ3) is 9.41. The lowest BCUT2D eigenvalue weighted by Crippen LogP contribution is -2.60. The maximum atomic E-state index is 14.2. The van der Waals surface area contributed by atoms with Gasteiger partial charge in [-0.1, -0.05) is 24.3 Å². The number of benzene rings is 2. The Balaban J connectivity index is 0.659. The van der Waals surface area contributed by atoms with Crippen molar-refractivity contribution in [3.63, 3.8) is 0 Å². The Morgan fingerprint density at radius 1 is 0.882 bits per heavy atom. The van der Waals surface area contributed by atoms with Crippen LogP contribution in [0.1, 0.15) is 88.7 Å². The van der Waals surface area contributed by atoms with E-state index in [9.17, 15) is 42.0 Å². The highest BCUT2D eigenvalue weighted by molar-refractivity contribution is 8.00. The van der Waals surface area contributed by atoms with Crippen LogP contribution in [0, 0.1) is 17.3 Å². The Kier molecular flexibility index (Phi) is 12.9. The third-order valence-corrected chi connectivity index (χ3v) is 17.9. The van der Waals surface area contributed by atoms with Crippen LogP contribution in [0.5, 0.6) is 0 Å². The number of thioether (sulfide) groups is 1. The van der Waals surface area contributed by atoms with E-state index in [1.807, 2.05) is 6.07 Å². The molecule has 19 nitrogen and oxygen atoms in total. The van der Waals surface area contributed by atoms with Gasteiger partial charge in [-0.15, -0.1) is 11.8 Å². The number of carbonyl (C=O) groups excluding carboxylic acids is 7. The zero-order valence-electron chi connectivity index (χ0n) is 38.2. The highest BCUT2D eigenvalue weighted by atomic mass is 32.2. The van der Waals surface area contributed by atoms with Crippen molar-refractivity contribution >= 4 is 68.8 Å². The molecule has 7 fully saturated rings. The monoisotopic (exact) mass is 972 g/mol. The number of nitrogens with zero attached hydrogens (tertiary/aromatic N) is 5. The van der Waals surface area contributed by atoms with Crippen molar-refractivity contribution in [2.45, 2.75) is 74.5 Å². The van der Waals surface area contributed by atoms with Crippen molar-refractivity contribution in [2.24, 2.45) is 17.3 Å². The molecule has 0 aromatic heterocycles. The summed E-state index contributed by atoms with van der Waals surface area (Å²) in [5.41, 5.74) is 3.16. The van der Waals surface area contributed by atoms with Gasteiger partial charge in [0.15, 0.2) is 0 Å². The second-order valence-corrected chi connectivity index (χ2v) is 23.0. The minimum Gasteiger partial charge on any atom is -0.369 e. The van der Waals surface area contributed by atoms with Crippen molar-refractivity contribution in [2.75, 3.05) is 88.9 Å². The molecule has 0 spiro atoms. The summed E-state index contributed by atoms with van der Waals surface area (Å²) in [7, 11) is -3.36. The molecule has 6 saturated heterocycles. The van der Waals surface area contributed by atoms with E-state index in [0.717, 1.165) is 106 Å². The van der Waals surface area contributed by atoms with Gasteiger partial charge in [-0.25, -0.2) is 12.7 Å². The lowest BCUT2D eigenvalue weighted by Gasteiger charge is -2.46. The fourth-order valence-electron chi connectivity index (χ4n) is 11.4. The lowest BCUT2D eigenvalue weighted by atomic mass is 9.78. The van der Waals surface area contributed by atoms with Gasteiger partial charge in [-0.05, 0) is 80.3 Å². The molecule has 21 heteroatoms. The van der Waals surface area contributed by atoms with E-state index in [4.69, 9.17) is 0 Å². The van der Waals surface area contributed by atoms with Crippen molar-refractivity contribution in [3.05, 3.63) is 64.7 Å². The molecule has 68 heavy (non-hydrogen) atoms. The fraction of sp³-hybridized carbons (Fsp3) is 0.596. The molecule has 0 radical (unpaired) electrons. The van der Waals surface area contributed by atoms with Crippen LogP contribution >= 0.6 is 11.8 Å². The number of piperidine rings is 2. The molecule has 7 amide bonds. The minimum absolute atomic E-state index is 0.0313. The van der Waals surface area contributed by atoms with Gasteiger partial charge in [0.2, 0.25) is 39.6 Å². The molecular weight excluding hydrogens is 913 g/mol. The highest BCUT2D eigenvalue weighted by Crippen LogP contribution is 2.54. The summed E-state index contributed by atoms with van der Waals surface area (Å²) in [5.74, 6) is -1.36. The molecule has 10 rings (SSSR count). The van der Waals surface area contributed by atoms with Crippen molar-refractivity contribution in [1.29, 1.82) is 0 Å². The number of imide groups is 2. The van der Waals surface area contributed by atoms with Crippen molar-refractivity contribution in [1.82, 2.24) is 45.6 Å². The Morgan fingerprint density at radius 2 is 1.65 bits per heavy atom. The second-order valence-electron chi connectivity index (χ2n) is 19.9. The smallest absolute Gasteiger partial charge is 0.262 e. The Labute approximate surface area is 400 Å². The number of hydrogen-bond donors (Lipinski definition) is 5. The van der Waals surface area contributed by atoms with Crippen LogP contribution in [-0.2, 0) is 34.0 Å². The number of amides is 7. The van der Waals surface area contributed by atoms with E-state index in [2.05, 4.69) is 65.5 Å². The van der Waals surface area contributed by atoms with E-state index in [1.54, 1.807) is 23.9 Å². The van der Waals surface area contributed by atoms with Crippen LogP contribution in [-0.4, -0.2) is 170 Å². The molecule has 7 heterocycles. The quantitative estimate of drug-likeness (QED) is 0.169. The molecule has 8 aliphatic rings. The third-order valence-electron chi connectivity index (χ3n) is 15.5. The number of nitrogens with one attached hydrogen (secondary N) is 5. The summed E-state index contributed by atoms with van der Waals surface area (Å²) in [4.78, 5) is 98.0. The molecule has 0 bridgehead atoms. The number of anilines is 1. The number of carbonyl (C=O) groups is 7. The molecule has 2 aromatic rings. The van der Waals surface area contributed by atoms with Gasteiger partial charge in [0, 0.05) is 94.8 Å². The molecule has 364 valence electrons. The predicted octanol–water partition coefficient (Wildman–Crippen LogP) is 0.159. The van der Waals surface area contributed by atoms with Crippen LogP contribution in [0.15, 0.2) is 42.5 Å². The molecule has 6 unspecified atom stereocenters. The number of piperazine rings is 1. The maximum Gasteiger partial charge on any atom is 0.262 e. The summed E-state index contributed by atoms with van der Waals surface area (Å²) in [6.07, 6.45) is 5.45. The van der Waals surface area contributed by atoms with Crippen LogP contribution in [0.4, 0.5) is 5.69 Å². The van der Waals surface area contributed by atoms with Gasteiger partial charge in [0.25, 0.3) is 11.8 Å². The van der Waals surface area contributed by atoms with E-state index in [1.165, 1.54) is 9.87 Å². The average Bonchev–Trinajstić information content (AvgIpc) is 3.59. The second kappa shape index (κ2) is 18.8. The number of fused-ring (bicyclic) bond motifs is 1. The molecule has 1 saturated carbocycles. The first-order chi connectivity index (χ1) is 32.6. The molecule has 2 aromatic carbocycles. The molecular formula is C47H60N10O9S2. The van der Waals surface area contributed by atoms with Gasteiger partial charge < -0.3 is 25.8 Å². The molecule has 7 aliphatic heterocycles. The molecule has 1 aliphatic carbocycles. The standard InChI is InChI=1S/C47H60N10O9S2/c1-68(65,66)56-14-10-32(26-56)41(60)49-22-40(59)52-46-50-36(27-67-46)31-4-2-3-29(19-31)30-9-13-48-38(20-30)47(11-12-47)45(64)55-24-28(25-55)23-53-15-17-54(18-16-53)33-5-6-34-35(21-33)44(63)57(43(34)62)37-7-8-39(58)51-42(37)61/h2-6,19,21,28,30,32,36-38,46,48,50H,7-18,20,22-27H2,1H3,(H,49,60)(H,52,59)(H,51,58,61). The fourth-order valence-corrected chi connectivity index (χ4v) is 13.4. The zero-order chi connectivity index (χ0) is 47.5. The molecule has 5 N–H and O–H groups in total. The van der Waals surface area contributed by atoms with Crippen LogP contribution in [0.2, 0.25) is 0 Å². The molecule has 6 atom stereocenters. The number of likely N-dealkylation sites (tertiary alicyclic amines) is 1. The van der Waals surface area contributed by atoms with Gasteiger partial charge in [0.05, 0.1) is 35.3 Å². The maximum absolute atomic E-state index is 14.2. The number of sulfonamides is 1. The number of rotatable bonds is 13. The first-order valence-corrected chi connectivity index (χ1v) is 26.9. The minimum atomic E-state index is -3.36. The summed E-state index contributed by atoms with van der Waals surface area (Å²) < 4.78 is 24.9. The van der Waals surface area contributed by atoms with Gasteiger partial charge in [0.1, 0.15) is 11.5 Å². The summed E-state index contributed by atoms with van der Waals surface area (Å²) >= 11 is 1.60. The zero-order valence-corrected chi connectivity index (χ0v) is 39.9. The Morgan fingerprint density at radius 3 is 2.38 bits per heavy atom. The van der Waals surface area contributed by atoms with Crippen molar-refractivity contribution < 1.29 is 42.0 Å². The average molecular weight is 973 g/mol. The Bertz CT molecular complexity index is 2510. The summed E-state index contributed by atoms with van der Waals surface area (Å²) in [6.45, 7) is 6.72. The topological polar surface area (TPSA) is 230 Å². The SMILES string of the molecule is CS(=O)(=O)N1CCC(C(=O)NCC(=O)NC2NC(c3cccc(C4CCNC(C5(C(=O)N6CC(CN7CCN(c8ccc9c(c8)C(=O)N(C8CCC(=O)NC8=O)C9=O)CC7)C6)CC5)C4)c3)CS2)C1. The lowest BCUT2D eigenvalue weighted by molar-refractivity contribution is -0.145. The highest BCUT2D eigenvalue weighted by Gasteiger charge is 2.59. The normalized spacial score (nSPS) is 28.9. The van der Waals surface area contributed by atoms with E-state index in [-0.39, 0.29) is 77.8 Å². The van der Waals surface area contributed by atoms with Crippen LogP contribution in [0.25, 0.3) is 0 Å². The van der Waals surface area contributed by atoms with Crippen LogP contribution in [0.3, 0.4) is 0 Å².